The quantitative estimate of drug-likeness (QED) is 0.811. The average molecular weight is 267 g/mol. The number of benzene rings is 2. The fraction of sp³-hybridized carbons (Fsp3) is 0.188. The molecule has 0 fully saturated rings. The first kappa shape index (κ1) is 13.8. The van der Waals surface area contributed by atoms with Crippen LogP contribution in [0.3, 0.4) is 0 Å². The highest BCUT2D eigenvalue weighted by Crippen LogP contribution is 2.26. The van der Waals surface area contributed by atoms with Crippen LogP contribution in [0.2, 0.25) is 0 Å². The molecular weight excluding hydrogens is 250 g/mol. The second-order valence-corrected chi connectivity index (χ2v) is 4.38. The average Bonchev–Trinajstić information content (AvgIpc) is 2.48. The third-order valence-corrected chi connectivity index (χ3v) is 2.83. The van der Waals surface area contributed by atoms with Crippen molar-refractivity contribution >= 4 is 17.1 Å². The Bertz CT molecular complexity index is 615. The largest absolute Gasteiger partial charge is 0.494 e. The summed E-state index contributed by atoms with van der Waals surface area (Å²) >= 11 is 0. The number of nitrogen functional groups attached to an aromatic ring is 1. The maximum Gasteiger partial charge on any atom is 0.119 e. The third kappa shape index (κ3) is 3.21. The number of hydrogen-bond donors (Lipinski definition) is 2. The summed E-state index contributed by atoms with van der Waals surface area (Å²) in [6.07, 6.45) is 0.984. The Kier molecular flexibility index (Phi) is 4.46. The first-order valence-corrected chi connectivity index (χ1v) is 6.53. The van der Waals surface area contributed by atoms with E-state index in [1.807, 2.05) is 30.3 Å². The smallest absolute Gasteiger partial charge is 0.119 e. The molecule has 0 amide bonds. The van der Waals surface area contributed by atoms with Crippen LogP contribution in [-0.2, 0) is 0 Å². The number of nitrogens with two attached hydrogens (primary N) is 1. The minimum atomic E-state index is 0.460. The summed E-state index contributed by atoms with van der Waals surface area (Å²) < 4.78 is 5.53. The number of para-hydroxylation sites is 1. The maximum absolute atomic E-state index is 8.95. The van der Waals surface area contributed by atoms with Crippen molar-refractivity contribution in [1.82, 2.24) is 0 Å². The topological polar surface area (TPSA) is 71.1 Å². The zero-order chi connectivity index (χ0) is 14.4. The first-order valence-electron chi connectivity index (χ1n) is 6.53. The molecule has 0 aliphatic carbocycles. The van der Waals surface area contributed by atoms with Crippen LogP contribution in [0.4, 0.5) is 17.1 Å². The monoisotopic (exact) mass is 267 g/mol. The Hall–Kier alpha value is -2.67. The molecule has 0 unspecified atom stereocenters. The third-order valence-electron chi connectivity index (χ3n) is 2.83. The molecule has 2 aromatic carbocycles. The summed E-state index contributed by atoms with van der Waals surface area (Å²) in [6, 6.07) is 15.1. The highest BCUT2D eigenvalue weighted by molar-refractivity contribution is 5.77. The molecule has 2 aromatic rings. The second kappa shape index (κ2) is 6.48. The summed E-state index contributed by atoms with van der Waals surface area (Å²) in [5.74, 6) is 0.844. The van der Waals surface area contributed by atoms with Gasteiger partial charge in [-0.3, -0.25) is 0 Å². The standard InChI is InChI=1S/C16H17N3O/c1-2-10-20-14-8-6-13(7-9-14)19-15-5-3-4-12(11-17)16(15)18/h3-9,19H,2,10,18H2,1H3. The SMILES string of the molecule is CCCOc1ccc(Nc2cccc(C#N)c2N)cc1. The predicted octanol–water partition coefficient (Wildman–Crippen LogP) is 3.67. The molecule has 0 spiro atoms. The van der Waals surface area contributed by atoms with Gasteiger partial charge in [0.1, 0.15) is 11.8 Å². The molecule has 0 saturated heterocycles. The molecule has 4 heteroatoms. The Morgan fingerprint density at radius 2 is 1.95 bits per heavy atom. The Balaban J connectivity index is 2.13. The minimum Gasteiger partial charge on any atom is -0.494 e. The van der Waals surface area contributed by atoms with Gasteiger partial charge in [-0.25, -0.2) is 0 Å². The summed E-state index contributed by atoms with van der Waals surface area (Å²) in [7, 11) is 0. The molecule has 20 heavy (non-hydrogen) atoms. The fourth-order valence-electron chi connectivity index (χ4n) is 1.78. The number of nitriles is 1. The van der Waals surface area contributed by atoms with Crippen molar-refractivity contribution in [3.63, 3.8) is 0 Å². The lowest BCUT2D eigenvalue weighted by molar-refractivity contribution is 0.317. The van der Waals surface area contributed by atoms with Crippen molar-refractivity contribution in [3.05, 3.63) is 48.0 Å². The van der Waals surface area contributed by atoms with E-state index >= 15 is 0 Å². The maximum atomic E-state index is 8.95. The van der Waals surface area contributed by atoms with Crippen LogP contribution in [0.1, 0.15) is 18.9 Å². The Labute approximate surface area is 118 Å². The van der Waals surface area contributed by atoms with Gasteiger partial charge in [0.25, 0.3) is 0 Å². The van der Waals surface area contributed by atoms with E-state index in [4.69, 9.17) is 15.7 Å². The van der Waals surface area contributed by atoms with E-state index in [-0.39, 0.29) is 0 Å². The summed E-state index contributed by atoms with van der Waals surface area (Å²) in [4.78, 5) is 0. The molecule has 3 N–H and O–H groups in total. The molecule has 102 valence electrons. The summed E-state index contributed by atoms with van der Waals surface area (Å²) in [5, 5.41) is 12.2. The molecule has 4 nitrogen and oxygen atoms in total. The molecule has 0 aliphatic rings. The molecular formula is C16H17N3O. The lowest BCUT2D eigenvalue weighted by Crippen LogP contribution is -1.99. The van der Waals surface area contributed by atoms with Crippen molar-refractivity contribution in [2.45, 2.75) is 13.3 Å². The highest BCUT2D eigenvalue weighted by Gasteiger charge is 2.04. The van der Waals surface area contributed by atoms with Crippen molar-refractivity contribution in [2.75, 3.05) is 17.7 Å². The van der Waals surface area contributed by atoms with Crippen LogP contribution >= 0.6 is 0 Å². The van der Waals surface area contributed by atoms with Crippen LogP contribution in [0.15, 0.2) is 42.5 Å². The Morgan fingerprint density at radius 3 is 2.60 bits per heavy atom. The van der Waals surface area contributed by atoms with Gasteiger partial charge in [-0.15, -0.1) is 0 Å². The van der Waals surface area contributed by atoms with Crippen molar-refractivity contribution in [3.8, 4) is 11.8 Å². The number of hydrogen-bond acceptors (Lipinski definition) is 4. The number of nitrogens with one attached hydrogen (secondary N) is 1. The molecule has 0 heterocycles. The van der Waals surface area contributed by atoms with E-state index in [1.54, 1.807) is 12.1 Å². The van der Waals surface area contributed by atoms with Gasteiger partial charge in [0.15, 0.2) is 0 Å². The fourth-order valence-corrected chi connectivity index (χ4v) is 1.78. The van der Waals surface area contributed by atoms with Crippen molar-refractivity contribution in [2.24, 2.45) is 0 Å². The van der Waals surface area contributed by atoms with Gasteiger partial charge in [-0.2, -0.15) is 5.26 Å². The van der Waals surface area contributed by atoms with E-state index in [2.05, 4.69) is 18.3 Å². The van der Waals surface area contributed by atoms with Gasteiger partial charge in [-0.05, 0) is 42.8 Å². The van der Waals surface area contributed by atoms with E-state index in [0.717, 1.165) is 23.5 Å². The zero-order valence-electron chi connectivity index (χ0n) is 11.4. The number of nitrogens with zero attached hydrogens (tertiary/aromatic N) is 1. The number of rotatable bonds is 5. The van der Waals surface area contributed by atoms with Gasteiger partial charge >= 0.3 is 0 Å². The lowest BCUT2D eigenvalue weighted by atomic mass is 10.1. The molecule has 0 radical (unpaired) electrons. The molecule has 0 bridgehead atoms. The van der Waals surface area contributed by atoms with E-state index < -0.39 is 0 Å². The normalized spacial score (nSPS) is 9.80. The van der Waals surface area contributed by atoms with Gasteiger partial charge in [0.2, 0.25) is 0 Å². The summed E-state index contributed by atoms with van der Waals surface area (Å²) in [5.41, 5.74) is 8.48. The van der Waals surface area contributed by atoms with Gasteiger partial charge < -0.3 is 15.8 Å². The molecule has 0 saturated carbocycles. The van der Waals surface area contributed by atoms with Crippen LogP contribution in [0.5, 0.6) is 5.75 Å². The van der Waals surface area contributed by atoms with Crippen LogP contribution in [0, 0.1) is 11.3 Å². The molecule has 0 atom stereocenters. The lowest BCUT2D eigenvalue weighted by Gasteiger charge is -2.11. The van der Waals surface area contributed by atoms with Gasteiger partial charge in [-0.1, -0.05) is 13.0 Å². The molecule has 0 aliphatic heterocycles. The predicted molar refractivity (Wildman–Crippen MR) is 81.1 cm³/mol. The Morgan fingerprint density at radius 1 is 1.20 bits per heavy atom. The highest BCUT2D eigenvalue weighted by atomic mass is 16.5. The zero-order valence-corrected chi connectivity index (χ0v) is 11.4. The summed E-state index contributed by atoms with van der Waals surface area (Å²) in [6.45, 7) is 2.78. The second-order valence-electron chi connectivity index (χ2n) is 4.38. The van der Waals surface area contributed by atoms with Gasteiger partial charge in [0.05, 0.1) is 23.5 Å². The van der Waals surface area contributed by atoms with Crippen LogP contribution < -0.4 is 15.8 Å². The van der Waals surface area contributed by atoms with Crippen molar-refractivity contribution < 1.29 is 4.74 Å². The molecule has 2 rings (SSSR count). The van der Waals surface area contributed by atoms with Crippen molar-refractivity contribution in [1.29, 1.82) is 5.26 Å². The number of anilines is 3. The van der Waals surface area contributed by atoms with Crippen LogP contribution in [-0.4, -0.2) is 6.61 Å². The van der Waals surface area contributed by atoms with Crippen LogP contribution in [0.25, 0.3) is 0 Å². The molecule has 0 aromatic heterocycles. The minimum absolute atomic E-state index is 0.460. The number of ether oxygens (including phenoxy) is 1. The van der Waals surface area contributed by atoms with E-state index in [9.17, 15) is 0 Å². The van der Waals surface area contributed by atoms with E-state index in [0.29, 0.717) is 17.9 Å². The first-order chi connectivity index (χ1) is 9.74. The van der Waals surface area contributed by atoms with E-state index in [1.165, 1.54) is 0 Å². The van der Waals surface area contributed by atoms with Gasteiger partial charge in [0, 0.05) is 5.69 Å².